The minimum absolute atomic E-state index is 0.0343. The average Bonchev–Trinajstić information content (AvgIpc) is 2.73. The predicted octanol–water partition coefficient (Wildman–Crippen LogP) is 3.49. The Kier molecular flexibility index (Phi) is 5.90. The van der Waals surface area contributed by atoms with Crippen molar-refractivity contribution in [1.82, 2.24) is 0 Å². The Balaban J connectivity index is 2.47. The molecule has 5 heteroatoms. The summed E-state index contributed by atoms with van der Waals surface area (Å²) < 4.78 is 10.5. The van der Waals surface area contributed by atoms with Crippen LogP contribution in [0.5, 0.6) is 0 Å². The summed E-state index contributed by atoms with van der Waals surface area (Å²) in [7, 11) is 0. The molecule has 1 saturated carbocycles. The van der Waals surface area contributed by atoms with Crippen LogP contribution in [0.2, 0.25) is 0 Å². The van der Waals surface area contributed by atoms with Crippen LogP contribution < -0.4 is 0 Å². The molecule has 0 spiro atoms. The number of hydrogen-bond donors (Lipinski definition) is 0. The zero-order valence-electron chi connectivity index (χ0n) is 13.8. The number of carbonyl (C=O) groups excluding carboxylic acids is 2. The van der Waals surface area contributed by atoms with Crippen molar-refractivity contribution in [3.8, 4) is 0 Å². The summed E-state index contributed by atoms with van der Waals surface area (Å²) in [5.41, 5.74) is -1.25. The third-order valence-corrected chi connectivity index (χ3v) is 5.39. The standard InChI is InChI=1S/C18H25ClO4/c1-4-12-11-18(16(20)22-5-2,17(21)23-6-3)15-10-8-13(19)7-9-14(12)15/h4,7,9,12-15H,1,5-6,8,10-11H2,2-3H3/t12?,13-,14-,15-/m1/s1. The Morgan fingerprint density at radius 3 is 2.35 bits per heavy atom. The van der Waals surface area contributed by atoms with E-state index in [1.54, 1.807) is 13.8 Å². The first-order valence-electron chi connectivity index (χ1n) is 8.30. The van der Waals surface area contributed by atoms with Crippen LogP contribution in [0.3, 0.4) is 0 Å². The lowest BCUT2D eigenvalue weighted by atomic mass is 9.73. The predicted molar refractivity (Wildman–Crippen MR) is 89.0 cm³/mol. The van der Waals surface area contributed by atoms with Crippen molar-refractivity contribution in [2.45, 2.75) is 38.5 Å². The second kappa shape index (κ2) is 7.52. The molecule has 0 bridgehead atoms. The Morgan fingerprint density at radius 2 is 1.83 bits per heavy atom. The van der Waals surface area contributed by atoms with Gasteiger partial charge in [-0.2, -0.15) is 0 Å². The lowest BCUT2D eigenvalue weighted by molar-refractivity contribution is -0.176. The number of hydrogen-bond acceptors (Lipinski definition) is 4. The molecule has 1 unspecified atom stereocenters. The lowest BCUT2D eigenvalue weighted by Crippen LogP contribution is -2.46. The monoisotopic (exact) mass is 340 g/mol. The van der Waals surface area contributed by atoms with Gasteiger partial charge in [-0.3, -0.25) is 9.59 Å². The molecule has 4 nitrogen and oxygen atoms in total. The fourth-order valence-corrected chi connectivity index (χ4v) is 4.21. The zero-order chi connectivity index (χ0) is 17.0. The summed E-state index contributed by atoms with van der Waals surface area (Å²) in [5.74, 6) is -1.01. The van der Waals surface area contributed by atoms with E-state index in [0.717, 1.165) is 6.42 Å². The fourth-order valence-electron chi connectivity index (χ4n) is 4.00. The lowest BCUT2D eigenvalue weighted by Gasteiger charge is -2.32. The Hall–Kier alpha value is -1.29. The smallest absolute Gasteiger partial charge is 0.323 e. The second-order valence-electron chi connectivity index (χ2n) is 6.18. The highest BCUT2D eigenvalue weighted by atomic mass is 35.5. The molecule has 0 aromatic heterocycles. The summed E-state index contributed by atoms with van der Waals surface area (Å²) >= 11 is 6.25. The third kappa shape index (κ3) is 3.18. The van der Waals surface area contributed by atoms with Crippen LogP contribution in [-0.4, -0.2) is 30.5 Å². The number of carbonyl (C=O) groups is 2. The van der Waals surface area contributed by atoms with E-state index in [-0.39, 0.29) is 36.3 Å². The number of ether oxygens (including phenoxy) is 2. The van der Waals surface area contributed by atoms with E-state index in [1.165, 1.54) is 0 Å². The second-order valence-corrected chi connectivity index (χ2v) is 6.74. The molecule has 128 valence electrons. The summed E-state index contributed by atoms with van der Waals surface area (Å²) in [4.78, 5) is 25.6. The molecule has 0 aromatic carbocycles. The Morgan fingerprint density at radius 1 is 1.22 bits per heavy atom. The topological polar surface area (TPSA) is 52.6 Å². The van der Waals surface area contributed by atoms with Crippen molar-refractivity contribution in [1.29, 1.82) is 0 Å². The van der Waals surface area contributed by atoms with Crippen LogP contribution in [0, 0.1) is 23.2 Å². The van der Waals surface area contributed by atoms with Gasteiger partial charge in [0.25, 0.3) is 0 Å². The summed E-state index contributed by atoms with van der Waals surface area (Å²) in [6.07, 6.45) is 7.64. The SMILES string of the molecule is C=CC1CC(C(=O)OCC)(C(=O)OCC)[C@@H]2CC[C@H](Cl)C=C[C@H]12. The van der Waals surface area contributed by atoms with Crippen molar-refractivity contribution in [3.05, 3.63) is 24.8 Å². The van der Waals surface area contributed by atoms with E-state index >= 15 is 0 Å². The first-order chi connectivity index (χ1) is 11.0. The van der Waals surface area contributed by atoms with Crippen LogP contribution in [0.15, 0.2) is 24.8 Å². The molecule has 0 aromatic rings. The summed E-state index contributed by atoms with van der Waals surface area (Å²) in [6.45, 7) is 7.86. The molecule has 2 aliphatic carbocycles. The van der Waals surface area contributed by atoms with Gasteiger partial charge < -0.3 is 9.47 Å². The molecule has 23 heavy (non-hydrogen) atoms. The van der Waals surface area contributed by atoms with E-state index in [2.05, 4.69) is 6.58 Å². The van der Waals surface area contributed by atoms with Gasteiger partial charge in [0.2, 0.25) is 0 Å². The van der Waals surface area contributed by atoms with Gasteiger partial charge in [-0.1, -0.05) is 18.2 Å². The molecule has 4 atom stereocenters. The zero-order valence-corrected chi connectivity index (χ0v) is 14.6. The quantitative estimate of drug-likeness (QED) is 0.333. The Bertz CT molecular complexity index is 481. The van der Waals surface area contributed by atoms with Crippen molar-refractivity contribution in [2.24, 2.45) is 23.2 Å². The molecular formula is C18H25ClO4. The molecule has 1 fully saturated rings. The fraction of sp³-hybridized carbons (Fsp3) is 0.667. The number of rotatable bonds is 5. The van der Waals surface area contributed by atoms with Crippen LogP contribution in [0.1, 0.15) is 33.1 Å². The van der Waals surface area contributed by atoms with Crippen molar-refractivity contribution >= 4 is 23.5 Å². The molecule has 0 amide bonds. The van der Waals surface area contributed by atoms with Gasteiger partial charge in [-0.25, -0.2) is 0 Å². The number of allylic oxidation sites excluding steroid dienone is 3. The van der Waals surface area contributed by atoms with Crippen molar-refractivity contribution in [3.63, 3.8) is 0 Å². The first kappa shape index (κ1) is 18.1. The molecule has 0 aliphatic heterocycles. The van der Waals surface area contributed by atoms with Crippen LogP contribution >= 0.6 is 11.6 Å². The maximum atomic E-state index is 12.8. The first-order valence-corrected chi connectivity index (χ1v) is 8.74. The molecule has 0 radical (unpaired) electrons. The third-order valence-electron chi connectivity index (χ3n) is 5.03. The van der Waals surface area contributed by atoms with Crippen LogP contribution in [0.25, 0.3) is 0 Å². The van der Waals surface area contributed by atoms with E-state index < -0.39 is 17.4 Å². The van der Waals surface area contributed by atoms with Gasteiger partial charge in [0, 0.05) is 0 Å². The van der Waals surface area contributed by atoms with Crippen LogP contribution in [0.4, 0.5) is 0 Å². The van der Waals surface area contributed by atoms with E-state index in [9.17, 15) is 9.59 Å². The molecule has 2 rings (SSSR count). The number of halogens is 1. The Labute approximate surface area is 142 Å². The number of fused-ring (bicyclic) bond motifs is 1. The van der Waals surface area contributed by atoms with E-state index in [0.29, 0.717) is 12.8 Å². The van der Waals surface area contributed by atoms with E-state index in [1.807, 2.05) is 18.2 Å². The van der Waals surface area contributed by atoms with Crippen molar-refractivity contribution in [2.75, 3.05) is 13.2 Å². The maximum Gasteiger partial charge on any atom is 0.323 e. The average molecular weight is 341 g/mol. The summed E-state index contributed by atoms with van der Waals surface area (Å²) in [5, 5.41) is -0.0758. The number of alkyl halides is 1. The highest BCUT2D eigenvalue weighted by Crippen LogP contribution is 2.56. The van der Waals surface area contributed by atoms with Gasteiger partial charge >= 0.3 is 11.9 Å². The maximum absolute atomic E-state index is 12.8. The minimum Gasteiger partial charge on any atom is -0.465 e. The molecule has 0 saturated heterocycles. The molecule has 0 heterocycles. The van der Waals surface area contributed by atoms with Gasteiger partial charge in [-0.15, -0.1) is 18.2 Å². The van der Waals surface area contributed by atoms with Gasteiger partial charge in [0.1, 0.15) is 0 Å². The largest absolute Gasteiger partial charge is 0.465 e. The molecular weight excluding hydrogens is 316 g/mol. The van der Waals surface area contributed by atoms with Gasteiger partial charge in [0.05, 0.1) is 18.6 Å². The van der Waals surface area contributed by atoms with Gasteiger partial charge in [0.15, 0.2) is 5.41 Å². The van der Waals surface area contributed by atoms with Crippen molar-refractivity contribution < 1.29 is 19.1 Å². The number of esters is 2. The highest BCUT2D eigenvalue weighted by Gasteiger charge is 2.62. The minimum atomic E-state index is -1.25. The molecule has 0 N–H and O–H groups in total. The summed E-state index contributed by atoms with van der Waals surface area (Å²) in [6, 6.07) is 0. The van der Waals surface area contributed by atoms with E-state index in [4.69, 9.17) is 21.1 Å². The molecule has 2 aliphatic rings. The van der Waals surface area contributed by atoms with Crippen LogP contribution in [-0.2, 0) is 19.1 Å². The highest BCUT2D eigenvalue weighted by molar-refractivity contribution is 6.21. The van der Waals surface area contributed by atoms with Gasteiger partial charge in [-0.05, 0) is 50.9 Å². The normalized spacial score (nSPS) is 31.8.